The van der Waals surface area contributed by atoms with Gasteiger partial charge in [0, 0.05) is 5.54 Å². The van der Waals surface area contributed by atoms with Gasteiger partial charge in [0.2, 0.25) is 0 Å². The summed E-state index contributed by atoms with van der Waals surface area (Å²) < 4.78 is 0. The lowest BCUT2D eigenvalue weighted by Gasteiger charge is -2.65. The Morgan fingerprint density at radius 3 is 2.52 bits per heavy atom. The summed E-state index contributed by atoms with van der Waals surface area (Å²) in [5.41, 5.74) is 2.76. The summed E-state index contributed by atoms with van der Waals surface area (Å²) in [6, 6.07) is 0. The molecule has 2 atom stereocenters. The van der Waals surface area contributed by atoms with Gasteiger partial charge in [0.25, 0.3) is 0 Å². The van der Waals surface area contributed by atoms with Gasteiger partial charge in [0.15, 0.2) is 5.69 Å². The molecule has 4 aliphatic carbocycles. The van der Waals surface area contributed by atoms with Gasteiger partial charge in [-0.2, -0.15) is 0 Å². The molecule has 1 aromatic heterocycles. The predicted octanol–water partition coefficient (Wildman–Crippen LogP) is 4.00. The minimum absolute atomic E-state index is 0.0830. The molecule has 4 fully saturated rings. The first-order valence-electron chi connectivity index (χ1n) is 7.76. The number of hydrogen-bond donors (Lipinski definition) is 2. The van der Waals surface area contributed by atoms with Crippen molar-refractivity contribution in [1.82, 2.24) is 4.98 Å². The molecule has 114 valence electrons. The van der Waals surface area contributed by atoms with E-state index in [9.17, 15) is 9.90 Å². The molecule has 0 amide bonds. The van der Waals surface area contributed by atoms with Crippen molar-refractivity contribution in [3.05, 3.63) is 11.2 Å². The van der Waals surface area contributed by atoms with Crippen molar-refractivity contribution >= 4 is 22.3 Å². The third-order valence-corrected chi connectivity index (χ3v) is 6.52. The number of nitrogens with zero attached hydrogens (tertiary/aromatic N) is 1. The smallest absolute Gasteiger partial charge is 0.357 e. The van der Waals surface area contributed by atoms with Crippen molar-refractivity contribution in [2.24, 2.45) is 16.7 Å². The van der Waals surface area contributed by atoms with Gasteiger partial charge in [-0.1, -0.05) is 13.8 Å². The van der Waals surface area contributed by atoms with Crippen molar-refractivity contribution in [3.8, 4) is 0 Å². The number of anilines is 1. The molecule has 2 N–H and O–H groups in total. The van der Waals surface area contributed by atoms with Crippen molar-refractivity contribution < 1.29 is 9.90 Å². The fourth-order valence-electron chi connectivity index (χ4n) is 6.32. The fourth-order valence-corrected chi connectivity index (χ4v) is 7.11. The molecule has 0 aromatic carbocycles. The number of carboxylic acids is 1. The van der Waals surface area contributed by atoms with Crippen LogP contribution in [0.25, 0.3) is 0 Å². The zero-order chi connectivity index (χ0) is 14.9. The Balaban J connectivity index is 1.68. The lowest BCUT2D eigenvalue weighted by Crippen LogP contribution is -2.61. The number of nitrogens with one attached hydrogen (secondary N) is 1. The molecule has 0 radical (unpaired) electrons. The van der Waals surface area contributed by atoms with E-state index in [0.717, 1.165) is 10.9 Å². The minimum atomic E-state index is -0.930. The second-order valence-electron chi connectivity index (χ2n) is 8.37. The second-order valence-corrected chi connectivity index (χ2v) is 9.23. The Bertz CT molecular complexity index is 593. The Morgan fingerprint density at radius 2 is 1.95 bits per heavy atom. The van der Waals surface area contributed by atoms with Gasteiger partial charge in [-0.3, -0.25) is 0 Å². The normalized spacial score (nSPS) is 44.0. The molecule has 4 bridgehead atoms. The van der Waals surface area contributed by atoms with Gasteiger partial charge >= 0.3 is 5.97 Å². The molecule has 1 aromatic rings. The Labute approximate surface area is 129 Å². The van der Waals surface area contributed by atoms with Crippen molar-refractivity contribution in [2.45, 2.75) is 57.9 Å². The Kier molecular flexibility index (Phi) is 2.58. The monoisotopic (exact) mass is 306 g/mol. The van der Waals surface area contributed by atoms with Crippen LogP contribution < -0.4 is 5.32 Å². The van der Waals surface area contributed by atoms with Gasteiger partial charge in [-0.15, -0.1) is 11.3 Å². The van der Waals surface area contributed by atoms with Crippen LogP contribution in [0.15, 0.2) is 5.51 Å². The van der Waals surface area contributed by atoms with E-state index in [1.807, 2.05) is 0 Å². The number of rotatable bonds is 3. The van der Waals surface area contributed by atoms with Gasteiger partial charge in [0.05, 0.1) is 5.51 Å². The number of carbonyl (C=O) groups is 1. The number of aromatic nitrogens is 1. The number of aromatic carboxylic acids is 1. The summed E-state index contributed by atoms with van der Waals surface area (Å²) in [7, 11) is 0. The van der Waals surface area contributed by atoms with Crippen LogP contribution in [-0.2, 0) is 0 Å². The van der Waals surface area contributed by atoms with Crippen LogP contribution >= 0.6 is 11.3 Å². The molecule has 2 unspecified atom stereocenters. The zero-order valence-corrected chi connectivity index (χ0v) is 13.4. The molecule has 5 rings (SSSR count). The molecule has 0 spiro atoms. The Hall–Kier alpha value is -1.10. The maximum atomic E-state index is 11.3. The van der Waals surface area contributed by atoms with E-state index in [4.69, 9.17) is 0 Å². The van der Waals surface area contributed by atoms with Crippen LogP contribution in [0.3, 0.4) is 0 Å². The highest BCUT2D eigenvalue weighted by Crippen LogP contribution is 2.67. The molecule has 21 heavy (non-hydrogen) atoms. The standard InChI is InChI=1S/C16H22N2O2S/c1-14-3-10-4-15(2,6-14)8-16(5-10,7-14)18-12-11(13(19)20)17-9-21-12/h9-10,18H,3-8H2,1-2H3,(H,19,20). The minimum Gasteiger partial charge on any atom is -0.476 e. The fraction of sp³-hybridized carbons (Fsp3) is 0.750. The first-order chi connectivity index (χ1) is 9.81. The molecule has 5 heteroatoms. The van der Waals surface area contributed by atoms with Gasteiger partial charge < -0.3 is 10.4 Å². The maximum Gasteiger partial charge on any atom is 0.357 e. The van der Waals surface area contributed by atoms with Crippen LogP contribution in [-0.4, -0.2) is 21.6 Å². The first-order valence-corrected chi connectivity index (χ1v) is 8.64. The van der Waals surface area contributed by atoms with Crippen LogP contribution in [0, 0.1) is 16.7 Å². The molecular weight excluding hydrogens is 284 g/mol. The zero-order valence-electron chi connectivity index (χ0n) is 12.6. The molecule has 0 aliphatic heterocycles. The van der Waals surface area contributed by atoms with E-state index in [1.54, 1.807) is 5.51 Å². The van der Waals surface area contributed by atoms with Crippen LogP contribution in [0.1, 0.15) is 62.9 Å². The van der Waals surface area contributed by atoms with Crippen LogP contribution in [0.4, 0.5) is 5.00 Å². The van der Waals surface area contributed by atoms with Crippen molar-refractivity contribution in [1.29, 1.82) is 0 Å². The molecule has 4 nitrogen and oxygen atoms in total. The molecule has 4 saturated carbocycles. The van der Waals surface area contributed by atoms with Gasteiger partial charge in [-0.25, -0.2) is 9.78 Å². The summed E-state index contributed by atoms with van der Waals surface area (Å²) >= 11 is 1.42. The topological polar surface area (TPSA) is 62.2 Å². The van der Waals surface area contributed by atoms with E-state index in [2.05, 4.69) is 24.1 Å². The SMILES string of the molecule is CC12CC3CC(C)(C1)CC(Nc1scnc1C(=O)O)(C3)C2. The summed E-state index contributed by atoms with van der Waals surface area (Å²) in [6.07, 6.45) is 7.55. The highest BCUT2D eigenvalue weighted by Gasteiger charge is 2.60. The summed E-state index contributed by atoms with van der Waals surface area (Å²) in [4.78, 5) is 15.3. The number of thiazole rings is 1. The average Bonchev–Trinajstić information content (AvgIpc) is 2.70. The summed E-state index contributed by atoms with van der Waals surface area (Å²) in [6.45, 7) is 4.86. The molecular formula is C16H22N2O2S. The first kappa shape index (κ1) is 13.6. The Morgan fingerprint density at radius 1 is 1.29 bits per heavy atom. The number of hydrogen-bond acceptors (Lipinski definition) is 4. The van der Waals surface area contributed by atoms with E-state index in [0.29, 0.717) is 10.8 Å². The number of carboxylic acid groups (broad SMARTS) is 1. The predicted molar refractivity (Wildman–Crippen MR) is 82.8 cm³/mol. The maximum absolute atomic E-state index is 11.3. The van der Waals surface area contributed by atoms with E-state index < -0.39 is 5.97 Å². The van der Waals surface area contributed by atoms with E-state index >= 15 is 0 Å². The van der Waals surface area contributed by atoms with E-state index in [1.165, 1.54) is 49.9 Å². The van der Waals surface area contributed by atoms with Crippen LogP contribution in [0.2, 0.25) is 0 Å². The third-order valence-electron chi connectivity index (χ3n) is 5.77. The highest BCUT2D eigenvalue weighted by atomic mass is 32.1. The summed E-state index contributed by atoms with van der Waals surface area (Å²) in [5, 5.41) is 13.7. The highest BCUT2D eigenvalue weighted by molar-refractivity contribution is 7.14. The quantitative estimate of drug-likeness (QED) is 0.886. The molecule has 4 aliphatic rings. The summed E-state index contributed by atoms with van der Waals surface area (Å²) in [5.74, 6) is -0.133. The molecule has 0 saturated heterocycles. The van der Waals surface area contributed by atoms with Gasteiger partial charge in [-0.05, 0) is 55.3 Å². The van der Waals surface area contributed by atoms with Crippen molar-refractivity contribution in [3.63, 3.8) is 0 Å². The van der Waals surface area contributed by atoms with Crippen LogP contribution in [0.5, 0.6) is 0 Å². The van der Waals surface area contributed by atoms with Gasteiger partial charge in [0.1, 0.15) is 5.00 Å². The lowest BCUT2D eigenvalue weighted by molar-refractivity contribution is -0.0972. The third kappa shape index (κ3) is 2.08. The second kappa shape index (κ2) is 4.00. The largest absolute Gasteiger partial charge is 0.476 e. The average molecular weight is 306 g/mol. The lowest BCUT2D eigenvalue weighted by atomic mass is 9.43. The van der Waals surface area contributed by atoms with E-state index in [-0.39, 0.29) is 11.2 Å². The molecule has 1 heterocycles. The van der Waals surface area contributed by atoms with Crippen molar-refractivity contribution in [2.75, 3.05) is 5.32 Å².